The molecule has 2 aliphatic rings. The fourth-order valence-electron chi connectivity index (χ4n) is 4.74. The second kappa shape index (κ2) is 9.03. The fourth-order valence-corrected chi connectivity index (χ4v) is 4.74. The van der Waals surface area contributed by atoms with Crippen LogP contribution in [0.3, 0.4) is 0 Å². The van der Waals surface area contributed by atoms with Crippen molar-refractivity contribution in [3.05, 3.63) is 71.3 Å². The monoisotopic (exact) mass is 435 g/mol. The Hall–Kier alpha value is -2.72. The predicted octanol–water partition coefficient (Wildman–Crippen LogP) is 3.73. The van der Waals surface area contributed by atoms with Gasteiger partial charge in [-0.05, 0) is 49.9 Å². The second-order valence-corrected chi connectivity index (χ2v) is 9.46. The SMILES string of the molecule is CC(C)(O)c1ccc(C(=O)N2CCC3(CC2)CN(CC#N)CC(c2ccccc2)O3)cc1.[HH]. The molecule has 0 aliphatic carbocycles. The van der Waals surface area contributed by atoms with Crippen molar-refractivity contribution >= 4 is 5.91 Å². The standard InChI is InChI=1S/C26H31N3O3.H2/c1-25(2,31)22-10-8-21(9-11-22)24(30)29-15-12-26(13-16-29)19-28(17-14-27)18-23(32-26)20-6-4-3-5-7-20;/h3-11,23,31H,12-13,15-19H2,1-2H3;1H. The minimum absolute atomic E-state index is 0. The highest BCUT2D eigenvalue weighted by atomic mass is 16.5. The van der Waals surface area contributed by atoms with E-state index in [0.29, 0.717) is 38.3 Å². The summed E-state index contributed by atoms with van der Waals surface area (Å²) in [5.74, 6) is 0.00597. The number of carbonyl (C=O) groups excluding carboxylic acids is 1. The van der Waals surface area contributed by atoms with Crippen LogP contribution in [-0.2, 0) is 10.3 Å². The summed E-state index contributed by atoms with van der Waals surface area (Å²) in [4.78, 5) is 17.1. The first-order chi connectivity index (χ1) is 15.3. The molecule has 6 nitrogen and oxygen atoms in total. The van der Waals surface area contributed by atoms with Gasteiger partial charge in [0.05, 0.1) is 29.9 Å². The van der Waals surface area contributed by atoms with Crippen molar-refractivity contribution in [3.8, 4) is 6.07 Å². The number of benzene rings is 2. The maximum absolute atomic E-state index is 13.1. The Morgan fingerprint density at radius 3 is 2.44 bits per heavy atom. The number of nitrogens with zero attached hydrogens (tertiary/aromatic N) is 3. The van der Waals surface area contributed by atoms with Gasteiger partial charge in [-0.3, -0.25) is 9.69 Å². The van der Waals surface area contributed by atoms with Gasteiger partial charge < -0.3 is 14.7 Å². The molecule has 170 valence electrons. The first-order valence-electron chi connectivity index (χ1n) is 11.2. The van der Waals surface area contributed by atoms with Crippen LogP contribution >= 0.6 is 0 Å². The smallest absolute Gasteiger partial charge is 0.253 e. The van der Waals surface area contributed by atoms with E-state index in [1.165, 1.54) is 0 Å². The molecule has 2 aromatic rings. The summed E-state index contributed by atoms with van der Waals surface area (Å²) in [6, 6.07) is 19.7. The quantitative estimate of drug-likeness (QED) is 0.741. The molecule has 2 aromatic carbocycles. The number of hydrogen-bond acceptors (Lipinski definition) is 5. The molecule has 2 saturated heterocycles. The Balaban J connectivity index is 0.00000306. The Bertz CT molecular complexity index is 975. The number of rotatable bonds is 4. The highest BCUT2D eigenvalue weighted by molar-refractivity contribution is 5.94. The Morgan fingerprint density at radius 2 is 1.84 bits per heavy atom. The summed E-state index contributed by atoms with van der Waals surface area (Å²) in [5.41, 5.74) is 1.26. The van der Waals surface area contributed by atoms with Crippen LogP contribution in [0.4, 0.5) is 0 Å². The minimum atomic E-state index is -0.929. The molecule has 2 heterocycles. The average molecular weight is 436 g/mol. The molecule has 1 unspecified atom stereocenters. The Labute approximate surface area is 191 Å². The summed E-state index contributed by atoms with van der Waals surface area (Å²) in [6.07, 6.45) is 1.41. The van der Waals surface area contributed by atoms with Crippen molar-refractivity contribution in [1.82, 2.24) is 9.80 Å². The number of nitriles is 1. The van der Waals surface area contributed by atoms with Gasteiger partial charge in [-0.25, -0.2) is 0 Å². The van der Waals surface area contributed by atoms with E-state index >= 15 is 0 Å². The molecule has 4 rings (SSSR count). The minimum Gasteiger partial charge on any atom is -0.386 e. The van der Waals surface area contributed by atoms with Crippen LogP contribution in [0.5, 0.6) is 0 Å². The molecule has 1 amide bonds. The van der Waals surface area contributed by atoms with Gasteiger partial charge in [0.25, 0.3) is 5.91 Å². The highest BCUT2D eigenvalue weighted by Gasteiger charge is 2.44. The predicted molar refractivity (Wildman–Crippen MR) is 124 cm³/mol. The Morgan fingerprint density at radius 1 is 1.19 bits per heavy atom. The Kier molecular flexibility index (Phi) is 6.34. The maximum atomic E-state index is 13.1. The molecule has 32 heavy (non-hydrogen) atoms. The molecule has 0 aromatic heterocycles. The zero-order valence-corrected chi connectivity index (χ0v) is 18.8. The van der Waals surface area contributed by atoms with E-state index in [-0.39, 0.29) is 19.0 Å². The number of ether oxygens (including phenoxy) is 1. The number of aliphatic hydroxyl groups is 1. The lowest BCUT2D eigenvalue weighted by Crippen LogP contribution is -2.58. The molecular weight excluding hydrogens is 402 g/mol. The van der Waals surface area contributed by atoms with Gasteiger partial charge in [-0.15, -0.1) is 0 Å². The normalized spacial score (nSPS) is 21.3. The van der Waals surface area contributed by atoms with Crippen molar-refractivity contribution in [2.75, 3.05) is 32.7 Å². The zero-order valence-electron chi connectivity index (χ0n) is 18.8. The van der Waals surface area contributed by atoms with Crippen molar-refractivity contribution in [2.45, 2.75) is 44.0 Å². The van der Waals surface area contributed by atoms with Gasteiger partial charge in [0.15, 0.2) is 0 Å². The lowest BCUT2D eigenvalue weighted by atomic mass is 9.87. The third-order valence-electron chi connectivity index (χ3n) is 6.59. The van der Waals surface area contributed by atoms with E-state index in [2.05, 4.69) is 23.1 Å². The van der Waals surface area contributed by atoms with Crippen molar-refractivity contribution < 1.29 is 16.1 Å². The van der Waals surface area contributed by atoms with Gasteiger partial charge in [0.2, 0.25) is 0 Å². The highest BCUT2D eigenvalue weighted by Crippen LogP contribution is 2.38. The molecule has 2 aliphatic heterocycles. The molecule has 0 radical (unpaired) electrons. The van der Waals surface area contributed by atoms with E-state index < -0.39 is 5.60 Å². The van der Waals surface area contributed by atoms with E-state index in [4.69, 9.17) is 4.74 Å². The van der Waals surface area contributed by atoms with Gasteiger partial charge in [-0.1, -0.05) is 42.5 Å². The van der Waals surface area contributed by atoms with Crippen LogP contribution in [0.25, 0.3) is 0 Å². The van der Waals surface area contributed by atoms with Crippen LogP contribution in [0.1, 0.15) is 55.7 Å². The zero-order chi connectivity index (χ0) is 22.8. The van der Waals surface area contributed by atoms with Crippen LogP contribution in [0.2, 0.25) is 0 Å². The molecule has 1 N–H and O–H groups in total. The average Bonchev–Trinajstić information content (AvgIpc) is 2.79. The van der Waals surface area contributed by atoms with Crippen molar-refractivity contribution in [3.63, 3.8) is 0 Å². The van der Waals surface area contributed by atoms with Crippen LogP contribution in [0.15, 0.2) is 54.6 Å². The number of likely N-dealkylation sites (tertiary alicyclic amines) is 1. The number of piperidine rings is 1. The summed E-state index contributed by atoms with van der Waals surface area (Å²) in [6.45, 7) is 6.50. The number of carbonyl (C=O) groups is 1. The largest absolute Gasteiger partial charge is 0.386 e. The number of amides is 1. The van der Waals surface area contributed by atoms with E-state index in [0.717, 1.165) is 24.0 Å². The first kappa shape index (κ1) is 22.5. The van der Waals surface area contributed by atoms with Gasteiger partial charge in [0.1, 0.15) is 0 Å². The van der Waals surface area contributed by atoms with Crippen LogP contribution < -0.4 is 0 Å². The van der Waals surface area contributed by atoms with Gasteiger partial charge in [0, 0.05) is 33.2 Å². The van der Waals surface area contributed by atoms with Gasteiger partial charge >= 0.3 is 0 Å². The maximum Gasteiger partial charge on any atom is 0.253 e. The van der Waals surface area contributed by atoms with E-state index in [1.807, 2.05) is 35.2 Å². The summed E-state index contributed by atoms with van der Waals surface area (Å²) < 4.78 is 6.65. The van der Waals surface area contributed by atoms with Crippen LogP contribution in [0, 0.1) is 11.3 Å². The molecule has 0 saturated carbocycles. The van der Waals surface area contributed by atoms with E-state index in [9.17, 15) is 15.2 Å². The lowest BCUT2D eigenvalue weighted by Gasteiger charge is -2.49. The third-order valence-corrected chi connectivity index (χ3v) is 6.59. The number of morpholine rings is 1. The molecule has 1 spiro atoms. The fraction of sp³-hybridized carbons (Fsp3) is 0.462. The summed E-state index contributed by atoms with van der Waals surface area (Å²) in [7, 11) is 0. The molecule has 0 bridgehead atoms. The summed E-state index contributed by atoms with van der Waals surface area (Å²) in [5, 5.41) is 19.4. The lowest BCUT2D eigenvalue weighted by molar-refractivity contribution is -0.173. The topological polar surface area (TPSA) is 76.8 Å². The molecule has 1 atom stereocenters. The molecule has 6 heteroatoms. The van der Waals surface area contributed by atoms with Crippen molar-refractivity contribution in [1.29, 1.82) is 5.26 Å². The van der Waals surface area contributed by atoms with E-state index in [1.54, 1.807) is 26.0 Å². The summed E-state index contributed by atoms with van der Waals surface area (Å²) >= 11 is 0. The third kappa shape index (κ3) is 4.86. The number of hydrogen-bond donors (Lipinski definition) is 1. The van der Waals surface area contributed by atoms with Crippen molar-refractivity contribution in [2.24, 2.45) is 0 Å². The first-order valence-corrected chi connectivity index (χ1v) is 11.2. The molecule has 2 fully saturated rings. The molecular formula is C26H33N3O3. The van der Waals surface area contributed by atoms with Crippen LogP contribution in [-0.4, -0.2) is 59.1 Å². The van der Waals surface area contributed by atoms with Gasteiger partial charge in [-0.2, -0.15) is 5.26 Å². The second-order valence-electron chi connectivity index (χ2n) is 9.46.